The second kappa shape index (κ2) is 10.1. The summed E-state index contributed by atoms with van der Waals surface area (Å²) in [7, 11) is 0. The van der Waals surface area contributed by atoms with E-state index in [4.69, 9.17) is 14.2 Å². The number of ether oxygens (including phenoxy) is 3. The minimum absolute atomic E-state index is 0.0322. The summed E-state index contributed by atoms with van der Waals surface area (Å²) in [5, 5.41) is 9.54. The Hall–Kier alpha value is -3.07. The first-order valence-corrected chi connectivity index (χ1v) is 8.92. The van der Waals surface area contributed by atoms with E-state index < -0.39 is 49.1 Å². The van der Waals surface area contributed by atoms with Crippen LogP contribution in [0.2, 0.25) is 0 Å². The second-order valence-electron chi connectivity index (χ2n) is 6.81. The molecule has 0 bridgehead atoms. The zero-order valence-electron chi connectivity index (χ0n) is 16.1. The molecule has 9 heteroatoms. The van der Waals surface area contributed by atoms with E-state index >= 15 is 0 Å². The Labute approximate surface area is 171 Å². The van der Waals surface area contributed by atoms with Gasteiger partial charge in [0.1, 0.15) is 25.2 Å². The van der Waals surface area contributed by atoms with Gasteiger partial charge in [0.2, 0.25) is 0 Å². The van der Waals surface area contributed by atoms with Crippen LogP contribution in [0.15, 0.2) is 54.6 Å². The van der Waals surface area contributed by atoms with Crippen molar-refractivity contribution < 1.29 is 42.1 Å². The lowest BCUT2D eigenvalue weighted by Crippen LogP contribution is -2.38. The van der Waals surface area contributed by atoms with Crippen molar-refractivity contribution in [2.45, 2.75) is 26.3 Å². The molecule has 0 fully saturated rings. The van der Waals surface area contributed by atoms with Crippen LogP contribution >= 0.6 is 0 Å². The van der Waals surface area contributed by atoms with E-state index in [2.05, 4.69) is 0 Å². The lowest BCUT2D eigenvalue weighted by molar-refractivity contribution is -0.162. The molecule has 2 aromatic rings. The molecule has 0 aliphatic carbocycles. The Morgan fingerprint density at radius 2 is 1.53 bits per heavy atom. The molecule has 30 heavy (non-hydrogen) atoms. The molecule has 1 atom stereocenters. The summed E-state index contributed by atoms with van der Waals surface area (Å²) < 4.78 is 53.1. The van der Waals surface area contributed by atoms with E-state index in [-0.39, 0.29) is 12.2 Å². The van der Waals surface area contributed by atoms with Gasteiger partial charge in [0.25, 0.3) is 0 Å². The standard InChI is InChI=1S/C21H21F3O6/c1-20(13-25,14-30-19(27)29-11-15-6-3-2-4-7-15)18(26)28-12-16-8-5-9-17(10-16)21(22,23)24/h2-10,25H,11-14H2,1H3. The summed E-state index contributed by atoms with van der Waals surface area (Å²) in [5.74, 6) is -0.932. The Morgan fingerprint density at radius 3 is 2.17 bits per heavy atom. The van der Waals surface area contributed by atoms with Crippen LogP contribution in [0.3, 0.4) is 0 Å². The lowest BCUT2D eigenvalue weighted by Gasteiger charge is -2.24. The van der Waals surface area contributed by atoms with Gasteiger partial charge in [0, 0.05) is 0 Å². The fourth-order valence-electron chi connectivity index (χ4n) is 2.31. The lowest BCUT2D eigenvalue weighted by atomic mass is 9.93. The van der Waals surface area contributed by atoms with E-state index in [1.807, 2.05) is 0 Å². The predicted molar refractivity (Wildman–Crippen MR) is 99.0 cm³/mol. The third-order valence-corrected chi connectivity index (χ3v) is 4.17. The van der Waals surface area contributed by atoms with Gasteiger partial charge < -0.3 is 19.3 Å². The van der Waals surface area contributed by atoms with Crippen LogP contribution in [0.4, 0.5) is 18.0 Å². The SMILES string of the molecule is CC(CO)(COC(=O)OCc1ccccc1)C(=O)OCc1cccc(C(F)(F)F)c1. The van der Waals surface area contributed by atoms with Crippen molar-refractivity contribution in [1.29, 1.82) is 0 Å². The van der Waals surface area contributed by atoms with Crippen LogP contribution < -0.4 is 0 Å². The molecule has 0 aromatic heterocycles. The van der Waals surface area contributed by atoms with Gasteiger partial charge in [0.05, 0.1) is 12.2 Å². The monoisotopic (exact) mass is 426 g/mol. The van der Waals surface area contributed by atoms with Gasteiger partial charge in [0.15, 0.2) is 0 Å². The van der Waals surface area contributed by atoms with Crippen LogP contribution in [-0.2, 0) is 38.4 Å². The van der Waals surface area contributed by atoms with Gasteiger partial charge in [-0.25, -0.2) is 4.79 Å². The zero-order chi connectivity index (χ0) is 22.2. The van der Waals surface area contributed by atoms with Crippen molar-refractivity contribution >= 4 is 12.1 Å². The minimum Gasteiger partial charge on any atom is -0.460 e. The summed E-state index contributed by atoms with van der Waals surface area (Å²) >= 11 is 0. The van der Waals surface area contributed by atoms with Crippen LogP contribution in [-0.4, -0.2) is 30.4 Å². The topological polar surface area (TPSA) is 82.1 Å². The number of hydrogen-bond acceptors (Lipinski definition) is 6. The fourth-order valence-corrected chi connectivity index (χ4v) is 2.31. The van der Waals surface area contributed by atoms with Crippen LogP contribution in [0, 0.1) is 5.41 Å². The molecular formula is C21H21F3O6. The maximum atomic E-state index is 12.8. The molecule has 0 saturated heterocycles. The number of alkyl halides is 3. The second-order valence-corrected chi connectivity index (χ2v) is 6.81. The molecule has 6 nitrogen and oxygen atoms in total. The van der Waals surface area contributed by atoms with Gasteiger partial charge in [-0.05, 0) is 30.2 Å². The molecule has 0 spiro atoms. The quantitative estimate of drug-likeness (QED) is 0.640. The Balaban J connectivity index is 1.87. The molecule has 0 aliphatic rings. The van der Waals surface area contributed by atoms with E-state index in [9.17, 15) is 27.9 Å². The Bertz CT molecular complexity index is 853. The van der Waals surface area contributed by atoms with E-state index in [0.717, 1.165) is 17.7 Å². The summed E-state index contributed by atoms with van der Waals surface area (Å²) in [6.45, 7) is -0.406. The molecule has 162 valence electrons. The summed E-state index contributed by atoms with van der Waals surface area (Å²) in [6, 6.07) is 13.2. The summed E-state index contributed by atoms with van der Waals surface area (Å²) in [5.41, 5.74) is -1.61. The maximum Gasteiger partial charge on any atom is 0.508 e. The molecule has 0 heterocycles. The van der Waals surface area contributed by atoms with E-state index in [0.29, 0.717) is 0 Å². The van der Waals surface area contributed by atoms with Crippen LogP contribution in [0.5, 0.6) is 0 Å². The molecule has 0 amide bonds. The normalized spacial score (nSPS) is 13.2. The molecular weight excluding hydrogens is 405 g/mol. The van der Waals surface area contributed by atoms with E-state index in [1.165, 1.54) is 19.1 Å². The molecule has 2 rings (SSSR count). The highest BCUT2D eigenvalue weighted by Crippen LogP contribution is 2.30. The number of benzene rings is 2. The molecule has 2 aromatic carbocycles. The molecule has 0 saturated carbocycles. The fraction of sp³-hybridized carbons (Fsp3) is 0.333. The Kier molecular flexibility index (Phi) is 7.82. The number of rotatable bonds is 8. The maximum absolute atomic E-state index is 12.8. The highest BCUT2D eigenvalue weighted by atomic mass is 19.4. The average molecular weight is 426 g/mol. The zero-order valence-corrected chi connectivity index (χ0v) is 16.1. The van der Waals surface area contributed by atoms with Gasteiger partial charge in [-0.15, -0.1) is 0 Å². The number of halogens is 3. The molecule has 0 radical (unpaired) electrons. The van der Waals surface area contributed by atoms with Crippen molar-refractivity contribution in [3.63, 3.8) is 0 Å². The Morgan fingerprint density at radius 1 is 0.900 bits per heavy atom. The highest BCUT2D eigenvalue weighted by molar-refractivity contribution is 5.77. The highest BCUT2D eigenvalue weighted by Gasteiger charge is 2.37. The first-order chi connectivity index (χ1) is 14.1. The first-order valence-electron chi connectivity index (χ1n) is 8.92. The number of carbonyl (C=O) groups is 2. The van der Waals surface area contributed by atoms with Gasteiger partial charge in [-0.1, -0.05) is 42.5 Å². The minimum atomic E-state index is -4.52. The molecule has 1 unspecified atom stereocenters. The number of aliphatic hydroxyl groups excluding tert-OH is 1. The van der Waals surface area contributed by atoms with Gasteiger partial charge >= 0.3 is 18.3 Å². The van der Waals surface area contributed by atoms with Crippen molar-refractivity contribution in [3.8, 4) is 0 Å². The molecule has 0 aliphatic heterocycles. The van der Waals surface area contributed by atoms with Crippen molar-refractivity contribution in [1.82, 2.24) is 0 Å². The van der Waals surface area contributed by atoms with Crippen molar-refractivity contribution in [2.24, 2.45) is 5.41 Å². The number of carbonyl (C=O) groups excluding carboxylic acids is 2. The van der Waals surface area contributed by atoms with Gasteiger partial charge in [-0.3, -0.25) is 4.79 Å². The van der Waals surface area contributed by atoms with Crippen molar-refractivity contribution in [2.75, 3.05) is 13.2 Å². The number of aliphatic hydroxyl groups is 1. The third-order valence-electron chi connectivity index (χ3n) is 4.17. The first kappa shape index (κ1) is 23.2. The van der Waals surface area contributed by atoms with Crippen molar-refractivity contribution in [3.05, 3.63) is 71.3 Å². The van der Waals surface area contributed by atoms with Crippen LogP contribution in [0.25, 0.3) is 0 Å². The number of esters is 1. The van der Waals surface area contributed by atoms with E-state index in [1.54, 1.807) is 30.3 Å². The molecule has 1 N–H and O–H groups in total. The summed E-state index contributed by atoms with van der Waals surface area (Å²) in [4.78, 5) is 24.0. The predicted octanol–water partition coefficient (Wildman–Crippen LogP) is 4.10. The largest absolute Gasteiger partial charge is 0.508 e. The number of hydrogen-bond donors (Lipinski definition) is 1. The van der Waals surface area contributed by atoms with Crippen LogP contribution in [0.1, 0.15) is 23.6 Å². The average Bonchev–Trinajstić information content (AvgIpc) is 2.74. The van der Waals surface area contributed by atoms with Gasteiger partial charge in [-0.2, -0.15) is 13.2 Å². The summed E-state index contributed by atoms with van der Waals surface area (Å²) in [6.07, 6.45) is -5.56. The third kappa shape index (κ3) is 6.77. The smallest absolute Gasteiger partial charge is 0.460 e.